The molecule has 100 valence electrons. The highest BCUT2D eigenvalue weighted by molar-refractivity contribution is 5.87. The molecular weight excluding hydrogens is 234 g/mol. The highest BCUT2D eigenvalue weighted by Gasteiger charge is 2.25. The molecule has 0 radical (unpaired) electrons. The number of oxazole rings is 1. The van der Waals surface area contributed by atoms with E-state index in [-0.39, 0.29) is 5.69 Å². The minimum absolute atomic E-state index is 0.204. The number of hydrogen-bond acceptors (Lipinski definition) is 6. The van der Waals surface area contributed by atoms with Gasteiger partial charge < -0.3 is 19.4 Å². The van der Waals surface area contributed by atoms with Crippen molar-refractivity contribution in [3.05, 3.63) is 12.0 Å². The lowest BCUT2D eigenvalue weighted by atomic mass is 10.5. The average molecular weight is 253 g/mol. The van der Waals surface area contributed by atoms with E-state index < -0.39 is 5.97 Å². The third-order valence-electron chi connectivity index (χ3n) is 2.90. The minimum Gasteiger partial charge on any atom is -0.461 e. The monoisotopic (exact) mass is 253 g/mol. The van der Waals surface area contributed by atoms with Gasteiger partial charge in [0.05, 0.1) is 6.61 Å². The van der Waals surface area contributed by atoms with Crippen LogP contribution in [0.3, 0.4) is 0 Å². The number of carbonyl (C=O) groups excluding carboxylic acids is 1. The minimum atomic E-state index is -0.454. The fourth-order valence-corrected chi connectivity index (χ4v) is 1.69. The largest absolute Gasteiger partial charge is 0.461 e. The van der Waals surface area contributed by atoms with Crippen molar-refractivity contribution in [2.75, 3.05) is 32.1 Å². The quantitative estimate of drug-likeness (QED) is 0.740. The molecule has 1 aliphatic rings. The molecule has 6 heteroatoms. The highest BCUT2D eigenvalue weighted by atomic mass is 16.5. The van der Waals surface area contributed by atoms with Gasteiger partial charge in [0.1, 0.15) is 6.26 Å². The number of nitrogens with one attached hydrogen (secondary N) is 1. The molecule has 0 aromatic carbocycles. The van der Waals surface area contributed by atoms with Crippen molar-refractivity contribution in [2.45, 2.75) is 25.8 Å². The number of nitrogens with zero attached hydrogens (tertiary/aromatic N) is 2. The van der Waals surface area contributed by atoms with Crippen LogP contribution in [-0.2, 0) is 4.74 Å². The zero-order valence-corrected chi connectivity index (χ0v) is 10.8. The zero-order valence-electron chi connectivity index (χ0n) is 10.8. The lowest BCUT2D eigenvalue weighted by Crippen LogP contribution is -2.27. The van der Waals surface area contributed by atoms with Crippen LogP contribution in [0.4, 0.5) is 6.01 Å². The average Bonchev–Trinajstić information content (AvgIpc) is 3.10. The number of ether oxygens (including phenoxy) is 1. The predicted octanol–water partition coefficient (Wildman–Crippen LogP) is 1.36. The van der Waals surface area contributed by atoms with Gasteiger partial charge in [-0.15, -0.1) is 0 Å². The summed E-state index contributed by atoms with van der Waals surface area (Å²) in [5.74, 6) is -0.454. The summed E-state index contributed by atoms with van der Waals surface area (Å²) >= 11 is 0. The van der Waals surface area contributed by atoms with E-state index in [1.165, 1.54) is 19.1 Å². The Bertz CT molecular complexity index is 401. The van der Waals surface area contributed by atoms with Crippen LogP contribution >= 0.6 is 0 Å². The van der Waals surface area contributed by atoms with Crippen LogP contribution in [0.25, 0.3) is 0 Å². The third kappa shape index (κ3) is 3.46. The Hall–Kier alpha value is -1.56. The second kappa shape index (κ2) is 5.86. The molecule has 0 spiro atoms. The molecule has 0 unspecified atom stereocenters. The lowest BCUT2D eigenvalue weighted by Gasteiger charge is -2.14. The van der Waals surface area contributed by atoms with Crippen molar-refractivity contribution < 1.29 is 13.9 Å². The van der Waals surface area contributed by atoms with E-state index in [1.54, 1.807) is 6.92 Å². The Kier molecular flexibility index (Phi) is 4.19. The summed E-state index contributed by atoms with van der Waals surface area (Å²) in [6.45, 7) is 3.77. The van der Waals surface area contributed by atoms with Gasteiger partial charge in [-0.3, -0.25) is 0 Å². The molecule has 1 aliphatic carbocycles. The van der Waals surface area contributed by atoms with E-state index >= 15 is 0 Å². The number of anilines is 1. The number of rotatable bonds is 7. The topological polar surface area (TPSA) is 67.6 Å². The molecule has 0 saturated heterocycles. The van der Waals surface area contributed by atoms with Crippen LogP contribution in [0.5, 0.6) is 0 Å². The summed E-state index contributed by atoms with van der Waals surface area (Å²) in [6, 6.07) is 1.11. The van der Waals surface area contributed by atoms with Gasteiger partial charge in [-0.25, -0.2) is 4.79 Å². The van der Waals surface area contributed by atoms with Crippen LogP contribution < -0.4 is 5.32 Å². The van der Waals surface area contributed by atoms with Gasteiger partial charge in [-0.1, -0.05) is 0 Å². The summed E-state index contributed by atoms with van der Waals surface area (Å²) in [5.41, 5.74) is 0.204. The van der Waals surface area contributed by atoms with Crippen molar-refractivity contribution in [3.63, 3.8) is 0 Å². The number of hydrogen-bond donors (Lipinski definition) is 1. The summed E-state index contributed by atoms with van der Waals surface area (Å²) < 4.78 is 9.97. The maximum Gasteiger partial charge on any atom is 0.360 e. The Labute approximate surface area is 106 Å². The van der Waals surface area contributed by atoms with Gasteiger partial charge in [0, 0.05) is 19.1 Å². The van der Waals surface area contributed by atoms with E-state index in [0.717, 1.165) is 19.1 Å². The van der Waals surface area contributed by atoms with Crippen LogP contribution in [0.2, 0.25) is 0 Å². The normalized spacial score (nSPS) is 14.8. The molecule has 1 aromatic rings. The predicted molar refractivity (Wildman–Crippen MR) is 66.6 cm³/mol. The Morgan fingerprint density at radius 1 is 1.67 bits per heavy atom. The fourth-order valence-electron chi connectivity index (χ4n) is 1.69. The molecular formula is C12H19N3O3. The third-order valence-corrected chi connectivity index (χ3v) is 2.90. The molecule has 6 nitrogen and oxygen atoms in total. The molecule has 1 heterocycles. The smallest absolute Gasteiger partial charge is 0.360 e. The van der Waals surface area contributed by atoms with Crippen molar-refractivity contribution in [2.24, 2.45) is 0 Å². The Morgan fingerprint density at radius 3 is 3.11 bits per heavy atom. The second-order valence-corrected chi connectivity index (χ2v) is 4.40. The molecule has 1 N–H and O–H groups in total. The van der Waals surface area contributed by atoms with E-state index in [1.807, 2.05) is 0 Å². The van der Waals surface area contributed by atoms with E-state index in [2.05, 4.69) is 22.2 Å². The molecule has 0 bridgehead atoms. The molecule has 0 aliphatic heterocycles. The van der Waals surface area contributed by atoms with Gasteiger partial charge in [0.15, 0.2) is 5.69 Å². The number of aromatic nitrogens is 1. The van der Waals surface area contributed by atoms with Crippen molar-refractivity contribution >= 4 is 12.0 Å². The van der Waals surface area contributed by atoms with Gasteiger partial charge >= 0.3 is 5.97 Å². The first-order valence-corrected chi connectivity index (χ1v) is 6.27. The molecule has 1 saturated carbocycles. The summed E-state index contributed by atoms with van der Waals surface area (Å²) in [7, 11) is 2.11. The van der Waals surface area contributed by atoms with Gasteiger partial charge in [-0.05, 0) is 26.8 Å². The molecule has 0 atom stereocenters. The molecule has 18 heavy (non-hydrogen) atoms. The van der Waals surface area contributed by atoms with Crippen LogP contribution in [0.1, 0.15) is 30.3 Å². The summed E-state index contributed by atoms with van der Waals surface area (Å²) in [4.78, 5) is 17.7. The van der Waals surface area contributed by atoms with E-state index in [4.69, 9.17) is 9.15 Å². The fraction of sp³-hybridized carbons (Fsp3) is 0.667. The van der Waals surface area contributed by atoms with E-state index in [9.17, 15) is 4.79 Å². The van der Waals surface area contributed by atoms with Gasteiger partial charge in [-0.2, -0.15) is 4.98 Å². The highest BCUT2D eigenvalue weighted by Crippen LogP contribution is 2.24. The molecule has 1 aromatic heterocycles. The lowest BCUT2D eigenvalue weighted by molar-refractivity contribution is 0.0519. The SMILES string of the molecule is CCOC(=O)c1coc(NCCN(C)C2CC2)n1. The molecule has 0 amide bonds. The first-order chi connectivity index (χ1) is 8.70. The van der Waals surface area contributed by atoms with Crippen molar-refractivity contribution in [1.29, 1.82) is 0 Å². The Balaban J connectivity index is 1.74. The van der Waals surface area contributed by atoms with Crippen LogP contribution in [-0.4, -0.2) is 48.6 Å². The summed E-state index contributed by atoms with van der Waals surface area (Å²) in [5, 5.41) is 3.05. The summed E-state index contributed by atoms with van der Waals surface area (Å²) in [6.07, 6.45) is 3.90. The van der Waals surface area contributed by atoms with Crippen LogP contribution in [0, 0.1) is 0 Å². The Morgan fingerprint density at radius 2 is 2.44 bits per heavy atom. The number of carbonyl (C=O) groups is 1. The molecule has 2 rings (SSSR count). The van der Waals surface area contributed by atoms with Crippen molar-refractivity contribution in [3.8, 4) is 0 Å². The van der Waals surface area contributed by atoms with Gasteiger partial charge in [0.25, 0.3) is 6.01 Å². The van der Waals surface area contributed by atoms with E-state index in [0.29, 0.717) is 12.6 Å². The maximum atomic E-state index is 11.4. The van der Waals surface area contributed by atoms with Crippen molar-refractivity contribution in [1.82, 2.24) is 9.88 Å². The number of likely N-dealkylation sites (N-methyl/N-ethyl adjacent to an activating group) is 1. The second-order valence-electron chi connectivity index (χ2n) is 4.40. The standard InChI is InChI=1S/C12H19N3O3/c1-3-17-11(16)10-8-18-12(14-10)13-6-7-15(2)9-4-5-9/h8-9H,3-7H2,1-2H3,(H,13,14). The van der Waals surface area contributed by atoms with Gasteiger partial charge in [0.2, 0.25) is 0 Å². The first kappa shape index (κ1) is 12.9. The molecule has 1 fully saturated rings. The number of esters is 1. The first-order valence-electron chi connectivity index (χ1n) is 6.27. The van der Waals surface area contributed by atoms with Crippen LogP contribution in [0.15, 0.2) is 10.7 Å². The maximum absolute atomic E-state index is 11.4. The zero-order chi connectivity index (χ0) is 13.0.